The van der Waals surface area contributed by atoms with E-state index in [9.17, 15) is 0 Å². The van der Waals surface area contributed by atoms with Gasteiger partial charge in [-0.15, -0.1) is 0 Å². The normalized spacial score (nSPS) is 28.9. The number of hydrogen-bond acceptors (Lipinski definition) is 2. The molecule has 1 rings (SSSR count). The highest BCUT2D eigenvalue weighted by molar-refractivity contribution is 4.98. The summed E-state index contributed by atoms with van der Waals surface area (Å²) in [6, 6.07) is 0.485. The molecule has 2 N–H and O–H groups in total. The molecule has 9 heavy (non-hydrogen) atoms. The summed E-state index contributed by atoms with van der Waals surface area (Å²) in [5, 5.41) is 0. The molecule has 0 amide bonds. The van der Waals surface area contributed by atoms with Crippen LogP contribution in [0.25, 0.3) is 0 Å². The van der Waals surface area contributed by atoms with E-state index in [0.29, 0.717) is 6.04 Å². The van der Waals surface area contributed by atoms with E-state index in [2.05, 4.69) is 24.1 Å². The topological polar surface area (TPSA) is 29.3 Å². The molecule has 0 aromatic heterocycles. The molecule has 0 radical (unpaired) electrons. The first-order chi connectivity index (χ1) is 4.34. The maximum Gasteiger partial charge on any atom is 0.0398 e. The fourth-order valence-electron chi connectivity index (χ4n) is 1.10. The maximum absolute atomic E-state index is 5.50. The van der Waals surface area contributed by atoms with Gasteiger partial charge < -0.3 is 5.73 Å². The van der Waals surface area contributed by atoms with Gasteiger partial charge in [-0.3, -0.25) is 4.90 Å². The van der Waals surface area contributed by atoms with Crippen molar-refractivity contribution < 1.29 is 0 Å². The monoisotopic (exact) mass is 126 g/mol. The van der Waals surface area contributed by atoms with Gasteiger partial charge in [-0.2, -0.15) is 0 Å². The van der Waals surface area contributed by atoms with Crippen LogP contribution in [0.1, 0.15) is 6.42 Å². The van der Waals surface area contributed by atoms with Crippen molar-refractivity contribution >= 4 is 0 Å². The zero-order valence-electron chi connectivity index (χ0n) is 5.88. The highest BCUT2D eigenvalue weighted by Gasteiger charge is 2.10. The van der Waals surface area contributed by atoms with Gasteiger partial charge >= 0.3 is 0 Å². The fraction of sp³-hybridized carbons (Fsp3) is 0.714. The molecule has 1 atom stereocenters. The van der Waals surface area contributed by atoms with Crippen molar-refractivity contribution in [3.63, 3.8) is 0 Å². The Morgan fingerprint density at radius 2 is 2.56 bits per heavy atom. The molecule has 0 aromatic rings. The van der Waals surface area contributed by atoms with Crippen LogP contribution in [0.5, 0.6) is 0 Å². The van der Waals surface area contributed by atoms with E-state index in [4.69, 9.17) is 5.73 Å². The summed E-state index contributed by atoms with van der Waals surface area (Å²) in [4.78, 5) is 2.28. The predicted octanol–water partition coefficient (Wildman–Crippen LogP) is 0.205. The molecule has 0 bridgehead atoms. The Morgan fingerprint density at radius 1 is 1.78 bits per heavy atom. The number of likely N-dealkylation sites (N-methyl/N-ethyl adjacent to an activating group) is 1. The van der Waals surface area contributed by atoms with Gasteiger partial charge in [-0.1, -0.05) is 12.2 Å². The minimum absolute atomic E-state index is 0.485. The van der Waals surface area contributed by atoms with Gasteiger partial charge in [0.15, 0.2) is 0 Å². The van der Waals surface area contributed by atoms with Crippen molar-refractivity contribution in [2.45, 2.75) is 12.5 Å². The van der Waals surface area contributed by atoms with Crippen LogP contribution >= 0.6 is 0 Å². The lowest BCUT2D eigenvalue weighted by Crippen LogP contribution is -2.38. The summed E-state index contributed by atoms with van der Waals surface area (Å²) in [6.45, 7) is 1.89. The number of rotatable bonds is 1. The highest BCUT2D eigenvalue weighted by Crippen LogP contribution is 2.04. The molecule has 1 unspecified atom stereocenters. The van der Waals surface area contributed by atoms with E-state index in [1.54, 1.807) is 0 Å². The second-order valence-corrected chi connectivity index (χ2v) is 2.50. The van der Waals surface area contributed by atoms with Crippen molar-refractivity contribution in [3.05, 3.63) is 12.2 Å². The van der Waals surface area contributed by atoms with Crippen LogP contribution in [0.15, 0.2) is 12.2 Å². The molecule has 1 aliphatic rings. The van der Waals surface area contributed by atoms with E-state index in [-0.39, 0.29) is 0 Å². The van der Waals surface area contributed by atoms with E-state index < -0.39 is 0 Å². The molecule has 0 saturated carbocycles. The van der Waals surface area contributed by atoms with Crippen LogP contribution in [0.4, 0.5) is 0 Å². The van der Waals surface area contributed by atoms with Crippen molar-refractivity contribution in [1.82, 2.24) is 4.90 Å². The van der Waals surface area contributed by atoms with Crippen LogP contribution in [0.2, 0.25) is 0 Å². The largest absolute Gasteiger partial charge is 0.329 e. The Labute approximate surface area is 56.3 Å². The van der Waals surface area contributed by atoms with Gasteiger partial charge in [-0.25, -0.2) is 0 Å². The van der Waals surface area contributed by atoms with Crippen molar-refractivity contribution in [1.29, 1.82) is 0 Å². The van der Waals surface area contributed by atoms with E-state index in [1.807, 2.05) is 0 Å². The van der Waals surface area contributed by atoms with E-state index in [0.717, 1.165) is 13.1 Å². The fourth-order valence-corrected chi connectivity index (χ4v) is 1.10. The molecule has 0 fully saturated rings. The lowest BCUT2D eigenvalue weighted by atomic mass is 10.1. The predicted molar refractivity (Wildman–Crippen MR) is 39.2 cm³/mol. The van der Waals surface area contributed by atoms with Crippen LogP contribution in [0, 0.1) is 0 Å². The lowest BCUT2D eigenvalue weighted by Gasteiger charge is -2.26. The third-order valence-corrected chi connectivity index (χ3v) is 1.81. The summed E-state index contributed by atoms with van der Waals surface area (Å²) in [7, 11) is 2.11. The van der Waals surface area contributed by atoms with E-state index >= 15 is 0 Å². The van der Waals surface area contributed by atoms with Crippen LogP contribution < -0.4 is 5.73 Å². The highest BCUT2D eigenvalue weighted by atomic mass is 15.1. The van der Waals surface area contributed by atoms with Crippen molar-refractivity contribution in [3.8, 4) is 0 Å². The van der Waals surface area contributed by atoms with Crippen LogP contribution in [-0.4, -0.2) is 31.1 Å². The summed E-state index contributed by atoms with van der Waals surface area (Å²) in [5.41, 5.74) is 5.50. The Bertz CT molecular complexity index is 109. The van der Waals surface area contributed by atoms with Gasteiger partial charge in [-0.05, 0) is 13.5 Å². The van der Waals surface area contributed by atoms with Crippen LogP contribution in [-0.2, 0) is 0 Å². The average molecular weight is 126 g/mol. The molecule has 1 aliphatic heterocycles. The average Bonchev–Trinajstić information content (AvgIpc) is 1.89. The second kappa shape index (κ2) is 2.99. The van der Waals surface area contributed by atoms with Gasteiger partial charge in [0.2, 0.25) is 0 Å². The maximum atomic E-state index is 5.50. The Hall–Kier alpha value is -0.340. The number of nitrogens with zero attached hydrogens (tertiary/aromatic N) is 1. The Kier molecular flexibility index (Phi) is 2.25. The molecule has 2 nitrogen and oxygen atoms in total. The van der Waals surface area contributed by atoms with Crippen molar-refractivity contribution in [2.75, 3.05) is 20.1 Å². The first-order valence-corrected chi connectivity index (χ1v) is 3.41. The lowest BCUT2D eigenvalue weighted by molar-refractivity contribution is 0.280. The standard InChI is InChI=1S/C7H14N2/c1-9-5-3-2-4-7(9)6-8/h2,4,7H,3,5-6,8H2,1H3. The molecule has 52 valence electrons. The summed E-state index contributed by atoms with van der Waals surface area (Å²) < 4.78 is 0. The molecular formula is C7H14N2. The quantitative estimate of drug-likeness (QED) is 0.509. The molecule has 2 heteroatoms. The first kappa shape index (κ1) is 6.78. The molecule has 0 aromatic carbocycles. The SMILES string of the molecule is CN1CCC=CC1CN. The molecule has 1 heterocycles. The summed E-state index contributed by atoms with van der Waals surface area (Å²) in [5.74, 6) is 0. The summed E-state index contributed by atoms with van der Waals surface area (Å²) >= 11 is 0. The van der Waals surface area contributed by atoms with Gasteiger partial charge in [0.1, 0.15) is 0 Å². The minimum Gasteiger partial charge on any atom is -0.329 e. The smallest absolute Gasteiger partial charge is 0.0398 e. The second-order valence-electron chi connectivity index (χ2n) is 2.50. The third-order valence-electron chi connectivity index (χ3n) is 1.81. The first-order valence-electron chi connectivity index (χ1n) is 3.41. The van der Waals surface area contributed by atoms with Crippen LogP contribution in [0.3, 0.4) is 0 Å². The molecular weight excluding hydrogens is 112 g/mol. The third kappa shape index (κ3) is 1.53. The van der Waals surface area contributed by atoms with Gasteiger partial charge in [0, 0.05) is 19.1 Å². The number of hydrogen-bond donors (Lipinski definition) is 1. The Balaban J connectivity index is 2.46. The molecule has 0 saturated heterocycles. The zero-order chi connectivity index (χ0) is 6.69. The van der Waals surface area contributed by atoms with Gasteiger partial charge in [0.05, 0.1) is 0 Å². The molecule has 0 spiro atoms. The minimum atomic E-state index is 0.485. The Morgan fingerprint density at radius 3 is 3.00 bits per heavy atom. The zero-order valence-corrected chi connectivity index (χ0v) is 5.88. The van der Waals surface area contributed by atoms with Crippen molar-refractivity contribution in [2.24, 2.45) is 5.73 Å². The van der Waals surface area contributed by atoms with E-state index in [1.165, 1.54) is 6.42 Å². The van der Waals surface area contributed by atoms with Gasteiger partial charge in [0.25, 0.3) is 0 Å². The number of nitrogens with two attached hydrogens (primary N) is 1. The molecule has 0 aliphatic carbocycles. The summed E-state index contributed by atoms with van der Waals surface area (Å²) in [6.07, 6.45) is 5.56.